The van der Waals surface area contributed by atoms with Gasteiger partial charge in [0.25, 0.3) is 0 Å². The molecule has 22 heavy (non-hydrogen) atoms. The number of pyridine rings is 1. The van der Waals surface area contributed by atoms with Gasteiger partial charge in [-0.05, 0) is 52.9 Å². The van der Waals surface area contributed by atoms with E-state index < -0.39 is 0 Å². The molecule has 0 atom stereocenters. The Morgan fingerprint density at radius 3 is 2.59 bits per heavy atom. The molecule has 0 unspecified atom stereocenters. The molecule has 106 valence electrons. The van der Waals surface area contributed by atoms with Crippen LogP contribution in [0.5, 0.6) is 0 Å². The third-order valence-corrected chi connectivity index (χ3v) is 4.27. The van der Waals surface area contributed by atoms with Crippen LogP contribution in [0.1, 0.15) is 27.9 Å². The molecule has 2 aromatic carbocycles. The fourth-order valence-electron chi connectivity index (χ4n) is 3.16. The third kappa shape index (κ3) is 2.13. The van der Waals surface area contributed by atoms with Gasteiger partial charge in [-0.15, -0.1) is 0 Å². The molecule has 1 aliphatic carbocycles. The lowest BCUT2D eigenvalue weighted by molar-refractivity contribution is 0.102. The maximum absolute atomic E-state index is 12.8. The van der Waals surface area contributed by atoms with Crippen molar-refractivity contribution in [3.63, 3.8) is 0 Å². The van der Waals surface area contributed by atoms with E-state index in [1.165, 1.54) is 16.3 Å². The molecule has 1 heterocycles. The quantitative estimate of drug-likeness (QED) is 0.618. The molecule has 0 amide bonds. The lowest BCUT2D eigenvalue weighted by Crippen LogP contribution is -2.14. The third-order valence-electron chi connectivity index (χ3n) is 4.27. The van der Waals surface area contributed by atoms with Crippen molar-refractivity contribution in [2.24, 2.45) is 0 Å². The second-order valence-electron chi connectivity index (χ2n) is 5.59. The Morgan fingerprint density at radius 2 is 1.73 bits per heavy atom. The Balaban J connectivity index is 1.81. The average molecular weight is 285 g/mol. The van der Waals surface area contributed by atoms with E-state index in [1.807, 2.05) is 42.5 Å². The van der Waals surface area contributed by atoms with Crippen molar-refractivity contribution in [3.8, 4) is 0 Å². The molecule has 0 N–H and O–H groups in total. The summed E-state index contributed by atoms with van der Waals surface area (Å²) in [6.07, 6.45) is 7.20. The molecule has 1 aromatic heterocycles. The highest BCUT2D eigenvalue weighted by molar-refractivity contribution is 6.15. The van der Waals surface area contributed by atoms with E-state index in [4.69, 9.17) is 0 Å². The maximum atomic E-state index is 12.8. The van der Waals surface area contributed by atoms with E-state index in [9.17, 15) is 4.79 Å². The summed E-state index contributed by atoms with van der Waals surface area (Å²) >= 11 is 0. The molecular weight excluding hydrogens is 270 g/mol. The van der Waals surface area contributed by atoms with Crippen molar-refractivity contribution in [3.05, 3.63) is 83.2 Å². The van der Waals surface area contributed by atoms with Crippen molar-refractivity contribution in [2.45, 2.75) is 12.8 Å². The van der Waals surface area contributed by atoms with Gasteiger partial charge in [-0.25, -0.2) is 0 Å². The Bertz CT molecular complexity index is 894. The van der Waals surface area contributed by atoms with Crippen LogP contribution in [0, 0.1) is 0 Å². The van der Waals surface area contributed by atoms with Crippen molar-refractivity contribution < 1.29 is 4.79 Å². The normalized spacial score (nSPS) is 16.0. The molecule has 0 bridgehead atoms. The van der Waals surface area contributed by atoms with Gasteiger partial charge in [-0.2, -0.15) is 0 Å². The Hall–Kier alpha value is -2.74. The SMILES string of the molecule is O=C1/C(=C\c2ccncc2)CCc2c1ccc1ccccc21. The summed E-state index contributed by atoms with van der Waals surface area (Å²) in [7, 11) is 0. The minimum atomic E-state index is 0.156. The number of aryl methyl sites for hydroxylation is 1. The molecule has 0 saturated carbocycles. The van der Waals surface area contributed by atoms with Crippen LogP contribution >= 0.6 is 0 Å². The van der Waals surface area contributed by atoms with Gasteiger partial charge in [0.05, 0.1) is 0 Å². The second kappa shape index (κ2) is 5.23. The first-order valence-corrected chi connectivity index (χ1v) is 7.49. The van der Waals surface area contributed by atoms with E-state index in [0.29, 0.717) is 0 Å². The summed E-state index contributed by atoms with van der Waals surface area (Å²) in [5.41, 5.74) is 3.96. The smallest absolute Gasteiger partial charge is 0.189 e. The zero-order chi connectivity index (χ0) is 14.9. The number of benzene rings is 2. The van der Waals surface area contributed by atoms with E-state index in [1.54, 1.807) is 12.4 Å². The van der Waals surface area contributed by atoms with Gasteiger partial charge < -0.3 is 0 Å². The molecular formula is C20H15NO. The lowest BCUT2D eigenvalue weighted by Gasteiger charge is -2.19. The van der Waals surface area contributed by atoms with Gasteiger partial charge in [0.15, 0.2) is 5.78 Å². The van der Waals surface area contributed by atoms with E-state index >= 15 is 0 Å². The van der Waals surface area contributed by atoms with Crippen LogP contribution < -0.4 is 0 Å². The first-order valence-electron chi connectivity index (χ1n) is 7.49. The molecule has 0 radical (unpaired) electrons. The number of Topliss-reactive ketones (excluding diaryl/α,β-unsaturated/α-hetero) is 1. The van der Waals surface area contributed by atoms with Crippen LogP contribution in [-0.4, -0.2) is 10.8 Å². The van der Waals surface area contributed by atoms with Gasteiger partial charge in [0, 0.05) is 23.5 Å². The Labute approximate surface area is 129 Å². The zero-order valence-corrected chi connectivity index (χ0v) is 12.1. The summed E-state index contributed by atoms with van der Waals surface area (Å²) in [5, 5.41) is 2.41. The highest BCUT2D eigenvalue weighted by atomic mass is 16.1. The number of aromatic nitrogens is 1. The molecule has 4 rings (SSSR count). The van der Waals surface area contributed by atoms with Crippen LogP contribution in [-0.2, 0) is 6.42 Å². The average Bonchev–Trinajstić information content (AvgIpc) is 2.58. The second-order valence-corrected chi connectivity index (χ2v) is 5.59. The number of allylic oxidation sites excluding steroid dienone is 1. The van der Waals surface area contributed by atoms with E-state index in [-0.39, 0.29) is 5.78 Å². The standard InChI is InChI=1S/C20H15NO/c22-20-16(13-14-9-11-21-12-10-14)6-7-18-17-4-2-1-3-15(17)5-8-19(18)20/h1-5,8-13H,6-7H2/b16-13-. The van der Waals surface area contributed by atoms with E-state index in [0.717, 1.165) is 29.5 Å². The van der Waals surface area contributed by atoms with Gasteiger partial charge >= 0.3 is 0 Å². The van der Waals surface area contributed by atoms with Crippen LogP contribution in [0.25, 0.3) is 16.8 Å². The fourth-order valence-corrected chi connectivity index (χ4v) is 3.16. The largest absolute Gasteiger partial charge is 0.289 e. The lowest BCUT2D eigenvalue weighted by atomic mass is 9.83. The van der Waals surface area contributed by atoms with Gasteiger partial charge in [-0.3, -0.25) is 9.78 Å². The van der Waals surface area contributed by atoms with Gasteiger partial charge in [-0.1, -0.05) is 36.4 Å². The molecule has 2 heteroatoms. The van der Waals surface area contributed by atoms with Crippen LogP contribution in [0.3, 0.4) is 0 Å². The summed E-state index contributed by atoms with van der Waals surface area (Å²) in [5.74, 6) is 0.156. The molecule has 0 fully saturated rings. The number of hydrogen-bond donors (Lipinski definition) is 0. The summed E-state index contributed by atoms with van der Waals surface area (Å²) in [6.45, 7) is 0. The number of ketones is 1. The first kappa shape index (κ1) is 13.0. The molecule has 0 saturated heterocycles. The molecule has 2 nitrogen and oxygen atoms in total. The van der Waals surface area contributed by atoms with Crippen molar-refractivity contribution in [2.75, 3.05) is 0 Å². The minimum Gasteiger partial charge on any atom is -0.289 e. The monoisotopic (exact) mass is 285 g/mol. The van der Waals surface area contributed by atoms with Crippen molar-refractivity contribution >= 4 is 22.6 Å². The summed E-state index contributed by atoms with van der Waals surface area (Å²) in [4.78, 5) is 16.8. The number of carbonyl (C=O) groups excluding carboxylic acids is 1. The number of nitrogens with zero attached hydrogens (tertiary/aromatic N) is 1. The van der Waals surface area contributed by atoms with Gasteiger partial charge in [0.2, 0.25) is 0 Å². The van der Waals surface area contributed by atoms with Crippen molar-refractivity contribution in [1.82, 2.24) is 4.98 Å². The minimum absolute atomic E-state index is 0.156. The number of fused-ring (bicyclic) bond motifs is 3. The fraction of sp³-hybridized carbons (Fsp3) is 0.100. The number of carbonyl (C=O) groups is 1. The zero-order valence-electron chi connectivity index (χ0n) is 12.1. The Morgan fingerprint density at radius 1 is 0.909 bits per heavy atom. The van der Waals surface area contributed by atoms with Crippen LogP contribution in [0.15, 0.2) is 66.5 Å². The van der Waals surface area contributed by atoms with Gasteiger partial charge in [0.1, 0.15) is 0 Å². The first-order chi connectivity index (χ1) is 10.8. The van der Waals surface area contributed by atoms with Crippen molar-refractivity contribution in [1.29, 1.82) is 0 Å². The predicted octanol–water partition coefficient (Wildman–Crippen LogP) is 4.45. The van der Waals surface area contributed by atoms with Crippen LogP contribution in [0.4, 0.5) is 0 Å². The summed E-state index contributed by atoms with van der Waals surface area (Å²) < 4.78 is 0. The molecule has 3 aromatic rings. The maximum Gasteiger partial charge on any atom is 0.189 e. The molecule has 0 spiro atoms. The molecule has 0 aliphatic heterocycles. The van der Waals surface area contributed by atoms with Crippen LogP contribution in [0.2, 0.25) is 0 Å². The number of rotatable bonds is 1. The highest BCUT2D eigenvalue weighted by Crippen LogP contribution is 2.31. The topological polar surface area (TPSA) is 30.0 Å². The Kier molecular flexibility index (Phi) is 3.08. The summed E-state index contributed by atoms with van der Waals surface area (Å²) in [6, 6.07) is 16.2. The van der Waals surface area contributed by atoms with E-state index in [2.05, 4.69) is 17.1 Å². The number of hydrogen-bond acceptors (Lipinski definition) is 2. The molecule has 1 aliphatic rings. The highest BCUT2D eigenvalue weighted by Gasteiger charge is 2.23. The predicted molar refractivity (Wildman–Crippen MR) is 88.8 cm³/mol.